The normalized spacial score (nSPS) is 23.2. The third-order valence-corrected chi connectivity index (χ3v) is 4.45. The van der Waals surface area contributed by atoms with Crippen LogP contribution in [0, 0.1) is 12.8 Å². The van der Waals surface area contributed by atoms with Crippen LogP contribution < -0.4 is 20.7 Å². The summed E-state index contributed by atoms with van der Waals surface area (Å²) in [7, 11) is 1.61. The number of anilines is 1. The molecule has 25 heavy (non-hydrogen) atoms. The van der Waals surface area contributed by atoms with Gasteiger partial charge in [-0.2, -0.15) is 0 Å². The summed E-state index contributed by atoms with van der Waals surface area (Å²) in [5.74, 6) is 0.974. The molecule has 2 aromatic rings. The fraction of sp³-hybridized carbons (Fsp3) is 0.389. The number of fused-ring (bicyclic) bond motifs is 1. The van der Waals surface area contributed by atoms with Crippen LogP contribution >= 0.6 is 0 Å². The molecule has 0 spiro atoms. The molecule has 1 aromatic heterocycles. The molecule has 3 N–H and O–H groups in total. The lowest BCUT2D eigenvalue weighted by molar-refractivity contribution is -0.128. The average Bonchev–Trinajstić information content (AvgIpc) is 2.58. The number of para-hydroxylation sites is 1. The number of methoxy groups -OCH3 is 1. The van der Waals surface area contributed by atoms with E-state index in [4.69, 9.17) is 4.74 Å². The number of nitrogens with zero attached hydrogens (tertiary/aromatic N) is 2. The number of carbonyl (C=O) groups is 1. The Kier molecular flexibility index (Phi) is 4.85. The third kappa shape index (κ3) is 3.41. The van der Waals surface area contributed by atoms with Gasteiger partial charge in [-0.3, -0.25) is 10.1 Å². The first-order valence-electron chi connectivity index (χ1n) is 8.28. The molecule has 1 fully saturated rings. The molecule has 3 unspecified atom stereocenters. The number of hydrogen-bond donors (Lipinski definition) is 3. The Labute approximate surface area is 146 Å². The molecule has 0 bridgehead atoms. The highest BCUT2D eigenvalue weighted by molar-refractivity contribution is 5.87. The van der Waals surface area contributed by atoms with E-state index >= 15 is 0 Å². The zero-order valence-electron chi connectivity index (χ0n) is 14.7. The Morgan fingerprint density at radius 2 is 2.20 bits per heavy atom. The molecule has 3 atom stereocenters. The molecule has 7 nitrogen and oxygen atoms in total. The van der Waals surface area contributed by atoms with Gasteiger partial charge in [0.15, 0.2) is 6.29 Å². The van der Waals surface area contributed by atoms with Crippen molar-refractivity contribution < 1.29 is 9.53 Å². The molecule has 132 valence electrons. The van der Waals surface area contributed by atoms with Crippen molar-refractivity contribution in [1.82, 2.24) is 20.6 Å². The monoisotopic (exact) mass is 341 g/mol. The maximum absolute atomic E-state index is 12.3. The fourth-order valence-corrected chi connectivity index (χ4v) is 3.10. The second-order valence-corrected chi connectivity index (χ2v) is 6.16. The van der Waals surface area contributed by atoms with Crippen LogP contribution in [0.2, 0.25) is 0 Å². The minimum atomic E-state index is -0.435. The first-order valence-corrected chi connectivity index (χ1v) is 8.28. The number of aromatic nitrogens is 2. The van der Waals surface area contributed by atoms with E-state index in [9.17, 15) is 4.79 Å². The molecule has 2 heterocycles. The van der Waals surface area contributed by atoms with E-state index < -0.39 is 6.29 Å². The van der Waals surface area contributed by atoms with Gasteiger partial charge in [-0.25, -0.2) is 9.97 Å². The van der Waals surface area contributed by atoms with Gasteiger partial charge in [0, 0.05) is 11.4 Å². The number of allylic oxidation sites excluding steroid dienone is 1. The molecule has 0 radical (unpaired) electrons. The molecule has 1 aromatic carbocycles. The topological polar surface area (TPSA) is 88.2 Å². The molecule has 3 rings (SSSR count). The van der Waals surface area contributed by atoms with Crippen LogP contribution in [0.3, 0.4) is 0 Å². The summed E-state index contributed by atoms with van der Waals surface area (Å²) in [4.78, 5) is 21.3. The van der Waals surface area contributed by atoms with Gasteiger partial charge in [0.1, 0.15) is 11.3 Å². The zero-order chi connectivity index (χ0) is 18.0. The van der Waals surface area contributed by atoms with Crippen molar-refractivity contribution in [2.75, 3.05) is 12.4 Å². The van der Waals surface area contributed by atoms with Gasteiger partial charge in [0.25, 0.3) is 0 Å². The van der Waals surface area contributed by atoms with Gasteiger partial charge in [0.2, 0.25) is 11.9 Å². The number of hydrogen-bond acceptors (Lipinski definition) is 6. The summed E-state index contributed by atoms with van der Waals surface area (Å²) in [6.07, 6.45) is 1.96. The minimum Gasteiger partial charge on any atom is -0.494 e. The molecule has 0 aliphatic carbocycles. The second-order valence-electron chi connectivity index (χ2n) is 6.16. The summed E-state index contributed by atoms with van der Waals surface area (Å²) in [5.41, 5.74) is 1.57. The molecule has 1 aliphatic heterocycles. The first-order chi connectivity index (χ1) is 12.0. The van der Waals surface area contributed by atoms with Crippen LogP contribution in [-0.4, -0.2) is 35.3 Å². The van der Waals surface area contributed by atoms with Crippen molar-refractivity contribution in [2.45, 2.75) is 32.6 Å². The van der Waals surface area contributed by atoms with Crippen LogP contribution in [0.15, 0.2) is 30.9 Å². The van der Waals surface area contributed by atoms with Gasteiger partial charge in [-0.05, 0) is 26.3 Å². The fourth-order valence-electron chi connectivity index (χ4n) is 3.10. The van der Waals surface area contributed by atoms with E-state index in [0.29, 0.717) is 18.1 Å². The summed E-state index contributed by atoms with van der Waals surface area (Å²) >= 11 is 0. The number of nitrogens with one attached hydrogen (secondary N) is 3. The maximum Gasteiger partial charge on any atom is 0.227 e. The first kappa shape index (κ1) is 17.2. The number of carbonyl (C=O) groups excluding carboxylic acids is 1. The lowest BCUT2D eigenvalue weighted by Gasteiger charge is -2.35. The Balaban J connectivity index is 1.84. The van der Waals surface area contributed by atoms with E-state index in [1.807, 2.05) is 32.0 Å². The standard InChI is InChI=1S/C18H23N5O2/c1-5-7-13-11(3)20-18(22-16(13)24)23-17-19-10(2)12-8-6-9-14(25-4)15(12)21-17/h5-6,8-9,11,13,18,20H,1,7H2,2-4H3,(H,22,24)(H,19,21,23). The van der Waals surface area contributed by atoms with Crippen molar-refractivity contribution in [3.63, 3.8) is 0 Å². The number of amides is 1. The molecular weight excluding hydrogens is 318 g/mol. The Bertz CT molecular complexity index is 807. The van der Waals surface area contributed by atoms with Crippen LogP contribution in [0.25, 0.3) is 10.9 Å². The van der Waals surface area contributed by atoms with Crippen molar-refractivity contribution in [3.05, 3.63) is 36.5 Å². The summed E-state index contributed by atoms with van der Waals surface area (Å²) in [6, 6.07) is 5.75. The number of ether oxygens (including phenoxy) is 1. The predicted molar refractivity (Wildman–Crippen MR) is 97.3 cm³/mol. The van der Waals surface area contributed by atoms with Gasteiger partial charge in [-0.1, -0.05) is 18.2 Å². The van der Waals surface area contributed by atoms with Crippen LogP contribution in [-0.2, 0) is 4.79 Å². The van der Waals surface area contributed by atoms with Gasteiger partial charge < -0.3 is 15.4 Å². The highest BCUT2D eigenvalue weighted by atomic mass is 16.5. The number of rotatable bonds is 5. The molecule has 1 saturated heterocycles. The van der Waals surface area contributed by atoms with Crippen LogP contribution in [0.1, 0.15) is 19.0 Å². The second kappa shape index (κ2) is 7.06. The number of benzene rings is 1. The third-order valence-electron chi connectivity index (χ3n) is 4.45. The quantitative estimate of drug-likeness (QED) is 0.721. The van der Waals surface area contributed by atoms with Crippen LogP contribution in [0.5, 0.6) is 5.75 Å². The highest BCUT2D eigenvalue weighted by Crippen LogP contribution is 2.26. The zero-order valence-corrected chi connectivity index (χ0v) is 14.7. The summed E-state index contributed by atoms with van der Waals surface area (Å²) in [5, 5.41) is 10.3. The van der Waals surface area contributed by atoms with Gasteiger partial charge >= 0.3 is 0 Å². The molecular formula is C18H23N5O2. The van der Waals surface area contributed by atoms with E-state index in [-0.39, 0.29) is 17.9 Å². The SMILES string of the molecule is C=CCC1C(=O)NC(Nc2nc(C)c3cccc(OC)c3n2)NC1C. The Morgan fingerprint density at radius 1 is 1.40 bits per heavy atom. The predicted octanol–water partition coefficient (Wildman–Crippen LogP) is 1.94. The Hall–Kier alpha value is -2.67. The average molecular weight is 341 g/mol. The van der Waals surface area contributed by atoms with Crippen molar-refractivity contribution >= 4 is 22.8 Å². The van der Waals surface area contributed by atoms with Crippen molar-refractivity contribution in [3.8, 4) is 5.75 Å². The van der Waals surface area contributed by atoms with Crippen molar-refractivity contribution in [1.29, 1.82) is 0 Å². The number of aryl methyl sites for hydroxylation is 1. The summed E-state index contributed by atoms with van der Waals surface area (Å²) in [6.45, 7) is 7.61. The van der Waals surface area contributed by atoms with Gasteiger partial charge in [-0.15, -0.1) is 6.58 Å². The maximum atomic E-state index is 12.3. The van der Waals surface area contributed by atoms with Crippen molar-refractivity contribution in [2.24, 2.45) is 5.92 Å². The lowest BCUT2D eigenvalue weighted by atomic mass is 9.94. The van der Waals surface area contributed by atoms with E-state index in [2.05, 4.69) is 32.5 Å². The van der Waals surface area contributed by atoms with Gasteiger partial charge in [0.05, 0.1) is 18.7 Å². The highest BCUT2D eigenvalue weighted by Gasteiger charge is 2.32. The van der Waals surface area contributed by atoms with E-state index in [0.717, 1.165) is 16.6 Å². The molecule has 0 saturated carbocycles. The Morgan fingerprint density at radius 3 is 2.88 bits per heavy atom. The largest absolute Gasteiger partial charge is 0.494 e. The smallest absolute Gasteiger partial charge is 0.227 e. The van der Waals surface area contributed by atoms with E-state index in [1.165, 1.54) is 0 Å². The van der Waals surface area contributed by atoms with Crippen LogP contribution in [0.4, 0.5) is 5.95 Å². The summed E-state index contributed by atoms with van der Waals surface area (Å²) < 4.78 is 5.39. The molecule has 1 amide bonds. The molecule has 1 aliphatic rings. The minimum absolute atomic E-state index is 0.0142. The van der Waals surface area contributed by atoms with E-state index in [1.54, 1.807) is 13.2 Å². The molecule has 7 heteroatoms. The lowest BCUT2D eigenvalue weighted by Crippen LogP contribution is -2.63.